The Morgan fingerprint density at radius 3 is 2.64 bits per heavy atom. The minimum Gasteiger partial charge on any atom is -0.273 e. The molecule has 76 valence electrons. The molecule has 0 bridgehead atoms. The summed E-state index contributed by atoms with van der Waals surface area (Å²) in [5.41, 5.74) is 2.67. The molecule has 0 unspecified atom stereocenters. The zero-order chi connectivity index (χ0) is 10.3. The topological polar surface area (TPSA) is 59.8 Å². The molecule has 1 aliphatic heterocycles. The van der Waals surface area contributed by atoms with E-state index < -0.39 is 0 Å². The number of rotatable bonds is 0. The monoisotopic (exact) mass is 194 g/mol. The maximum absolute atomic E-state index is 11.2. The summed E-state index contributed by atoms with van der Waals surface area (Å²) in [6.45, 7) is 6.14. The maximum Gasteiger partial charge on any atom is 0.239 e. The van der Waals surface area contributed by atoms with E-state index in [1.54, 1.807) is 4.68 Å². The van der Waals surface area contributed by atoms with Gasteiger partial charge in [-0.1, -0.05) is 20.8 Å². The first-order valence-corrected chi connectivity index (χ1v) is 4.73. The molecule has 1 aromatic heterocycles. The number of fused-ring (bicyclic) bond motifs is 1. The van der Waals surface area contributed by atoms with Crippen LogP contribution in [0.25, 0.3) is 0 Å². The van der Waals surface area contributed by atoms with Gasteiger partial charge in [0.25, 0.3) is 0 Å². The second-order valence-electron chi connectivity index (χ2n) is 4.56. The third kappa shape index (κ3) is 1.38. The lowest BCUT2D eigenvalue weighted by Crippen LogP contribution is -2.34. The third-order valence-corrected chi connectivity index (χ3v) is 2.21. The third-order valence-electron chi connectivity index (χ3n) is 2.21. The van der Waals surface area contributed by atoms with Crippen LogP contribution in [0.5, 0.6) is 0 Å². The molecular formula is C9H14N4O. The van der Waals surface area contributed by atoms with Gasteiger partial charge >= 0.3 is 0 Å². The van der Waals surface area contributed by atoms with E-state index in [4.69, 9.17) is 0 Å². The summed E-state index contributed by atoms with van der Waals surface area (Å²) in [6, 6.07) is 0. The Hall–Kier alpha value is -1.39. The van der Waals surface area contributed by atoms with Gasteiger partial charge in [0, 0.05) is 18.3 Å². The fourth-order valence-electron chi connectivity index (χ4n) is 1.49. The van der Waals surface area contributed by atoms with Gasteiger partial charge in [-0.25, -0.2) is 4.68 Å². The number of carbonyl (C=O) groups excluding carboxylic acids is 1. The van der Waals surface area contributed by atoms with E-state index in [0.717, 1.165) is 11.6 Å². The minimum atomic E-state index is -0.101. The van der Waals surface area contributed by atoms with Crippen LogP contribution in [-0.2, 0) is 16.6 Å². The Balaban J connectivity index is 2.45. The van der Waals surface area contributed by atoms with Crippen LogP contribution in [0.1, 0.15) is 38.8 Å². The molecule has 0 saturated heterocycles. The molecule has 0 fully saturated rings. The Bertz CT molecular complexity index is 375. The van der Waals surface area contributed by atoms with E-state index in [1.165, 1.54) is 0 Å². The summed E-state index contributed by atoms with van der Waals surface area (Å²) in [6.07, 6.45) is 1.18. The SMILES string of the molecule is CC(C)(C)c1nnc2n1NC(=O)CC2. The smallest absolute Gasteiger partial charge is 0.239 e. The first kappa shape index (κ1) is 9.18. The lowest BCUT2D eigenvalue weighted by Gasteiger charge is -2.22. The van der Waals surface area contributed by atoms with Gasteiger partial charge < -0.3 is 0 Å². The molecule has 1 N–H and O–H groups in total. The van der Waals surface area contributed by atoms with Crippen molar-refractivity contribution < 1.29 is 4.79 Å². The van der Waals surface area contributed by atoms with Gasteiger partial charge in [0.1, 0.15) is 0 Å². The molecule has 0 aliphatic carbocycles. The van der Waals surface area contributed by atoms with Crippen molar-refractivity contribution in [1.82, 2.24) is 14.9 Å². The van der Waals surface area contributed by atoms with Crippen LogP contribution in [0.2, 0.25) is 0 Å². The van der Waals surface area contributed by atoms with Crippen molar-refractivity contribution in [2.45, 2.75) is 39.0 Å². The Morgan fingerprint density at radius 2 is 2.00 bits per heavy atom. The molecule has 5 heteroatoms. The Labute approximate surface area is 82.5 Å². The molecule has 2 heterocycles. The molecule has 0 radical (unpaired) electrons. The average molecular weight is 194 g/mol. The number of hydrogen-bond donors (Lipinski definition) is 1. The van der Waals surface area contributed by atoms with Crippen molar-refractivity contribution in [2.24, 2.45) is 0 Å². The van der Waals surface area contributed by atoms with E-state index in [2.05, 4.69) is 15.6 Å². The highest BCUT2D eigenvalue weighted by molar-refractivity contribution is 5.84. The van der Waals surface area contributed by atoms with Crippen LogP contribution in [-0.4, -0.2) is 20.8 Å². The second-order valence-corrected chi connectivity index (χ2v) is 4.56. The zero-order valence-electron chi connectivity index (χ0n) is 8.66. The summed E-state index contributed by atoms with van der Waals surface area (Å²) in [4.78, 5) is 11.2. The van der Waals surface area contributed by atoms with Crippen LogP contribution in [0.3, 0.4) is 0 Å². The average Bonchev–Trinajstić information content (AvgIpc) is 2.45. The van der Waals surface area contributed by atoms with Crippen molar-refractivity contribution in [3.05, 3.63) is 11.6 Å². The second kappa shape index (κ2) is 2.80. The van der Waals surface area contributed by atoms with Crippen molar-refractivity contribution >= 4 is 5.91 Å². The molecule has 1 amide bonds. The number of aromatic nitrogens is 3. The van der Waals surface area contributed by atoms with Crippen LogP contribution in [0.4, 0.5) is 0 Å². The first-order valence-electron chi connectivity index (χ1n) is 4.73. The number of amides is 1. The molecule has 1 aliphatic rings. The predicted molar refractivity (Wildman–Crippen MR) is 51.4 cm³/mol. The zero-order valence-corrected chi connectivity index (χ0v) is 8.66. The molecule has 5 nitrogen and oxygen atoms in total. The summed E-state index contributed by atoms with van der Waals surface area (Å²) in [7, 11) is 0. The van der Waals surface area contributed by atoms with Gasteiger partial charge in [-0.15, -0.1) is 10.2 Å². The molecule has 2 rings (SSSR count). The highest BCUT2D eigenvalue weighted by Gasteiger charge is 2.27. The van der Waals surface area contributed by atoms with Gasteiger partial charge in [0.15, 0.2) is 11.6 Å². The van der Waals surface area contributed by atoms with Gasteiger partial charge in [0.2, 0.25) is 5.91 Å². The van der Waals surface area contributed by atoms with Gasteiger partial charge in [0.05, 0.1) is 0 Å². The highest BCUT2D eigenvalue weighted by Crippen LogP contribution is 2.21. The highest BCUT2D eigenvalue weighted by atomic mass is 16.2. The van der Waals surface area contributed by atoms with Gasteiger partial charge in [-0.3, -0.25) is 10.2 Å². The Kier molecular flexibility index (Phi) is 1.83. The quantitative estimate of drug-likeness (QED) is 0.657. The summed E-state index contributed by atoms with van der Waals surface area (Å²) in [5, 5.41) is 8.16. The molecule has 0 spiro atoms. The molecular weight excluding hydrogens is 180 g/mol. The van der Waals surface area contributed by atoms with Crippen molar-refractivity contribution in [3.63, 3.8) is 0 Å². The van der Waals surface area contributed by atoms with E-state index in [-0.39, 0.29) is 11.3 Å². The van der Waals surface area contributed by atoms with Crippen molar-refractivity contribution in [1.29, 1.82) is 0 Å². The molecule has 1 aromatic rings. The standard InChI is InChI=1S/C9H14N4O/c1-9(2,3)8-11-10-6-4-5-7(14)12-13(6)8/h4-5H2,1-3H3,(H,12,14). The van der Waals surface area contributed by atoms with Crippen molar-refractivity contribution in [3.8, 4) is 0 Å². The largest absolute Gasteiger partial charge is 0.273 e. The normalized spacial score (nSPS) is 16.4. The molecule has 0 aromatic carbocycles. The number of aryl methyl sites for hydroxylation is 1. The first-order chi connectivity index (χ1) is 6.48. The van der Waals surface area contributed by atoms with Crippen LogP contribution >= 0.6 is 0 Å². The van der Waals surface area contributed by atoms with E-state index >= 15 is 0 Å². The van der Waals surface area contributed by atoms with Crippen LogP contribution < -0.4 is 5.43 Å². The maximum atomic E-state index is 11.2. The number of nitrogens with one attached hydrogen (secondary N) is 1. The fourth-order valence-corrected chi connectivity index (χ4v) is 1.49. The number of hydrogen-bond acceptors (Lipinski definition) is 3. The summed E-state index contributed by atoms with van der Waals surface area (Å²) in [5.74, 6) is 1.68. The van der Waals surface area contributed by atoms with E-state index in [1.807, 2.05) is 20.8 Å². The van der Waals surface area contributed by atoms with E-state index in [0.29, 0.717) is 12.8 Å². The van der Waals surface area contributed by atoms with Crippen LogP contribution in [0.15, 0.2) is 0 Å². The number of carbonyl (C=O) groups is 1. The van der Waals surface area contributed by atoms with Gasteiger partial charge in [-0.05, 0) is 0 Å². The van der Waals surface area contributed by atoms with Gasteiger partial charge in [-0.2, -0.15) is 0 Å². The lowest BCUT2D eigenvalue weighted by atomic mass is 9.96. The number of nitrogens with zero attached hydrogens (tertiary/aromatic N) is 3. The van der Waals surface area contributed by atoms with E-state index in [9.17, 15) is 4.79 Å². The molecule has 14 heavy (non-hydrogen) atoms. The summed E-state index contributed by atoms with van der Waals surface area (Å²) < 4.78 is 1.71. The molecule has 0 saturated carbocycles. The molecule has 0 atom stereocenters. The van der Waals surface area contributed by atoms with Crippen molar-refractivity contribution in [2.75, 3.05) is 5.43 Å². The summed E-state index contributed by atoms with van der Waals surface area (Å²) >= 11 is 0. The fraction of sp³-hybridized carbons (Fsp3) is 0.667. The lowest BCUT2D eigenvalue weighted by molar-refractivity contribution is -0.117. The Morgan fingerprint density at radius 1 is 1.29 bits per heavy atom. The minimum absolute atomic E-state index is 0.0304. The van der Waals surface area contributed by atoms with Crippen LogP contribution in [0, 0.1) is 0 Å². The predicted octanol–water partition coefficient (Wildman–Crippen LogP) is 0.592.